The van der Waals surface area contributed by atoms with Gasteiger partial charge in [-0.1, -0.05) is 17.7 Å². The molecule has 5 nitrogen and oxygen atoms in total. The Morgan fingerprint density at radius 3 is 2.86 bits per heavy atom. The van der Waals surface area contributed by atoms with Crippen molar-refractivity contribution in [2.45, 2.75) is 6.92 Å². The molecular formula is C13H11BrClFN4O. The third-order valence-electron chi connectivity index (χ3n) is 2.72. The predicted octanol–water partition coefficient (Wildman–Crippen LogP) is 3.05. The van der Waals surface area contributed by atoms with E-state index in [0.29, 0.717) is 15.9 Å². The molecular weight excluding hydrogens is 363 g/mol. The van der Waals surface area contributed by atoms with E-state index in [9.17, 15) is 9.18 Å². The highest BCUT2D eigenvalue weighted by Gasteiger charge is 2.17. The lowest BCUT2D eigenvalue weighted by Crippen LogP contribution is -2.21. The maximum absolute atomic E-state index is 13.5. The SMILES string of the molecule is Cc1nn(C)c(C(=O)NN=Cc2c(F)cccc2Cl)c1Br. The summed E-state index contributed by atoms with van der Waals surface area (Å²) in [6.07, 6.45) is 1.16. The minimum atomic E-state index is -0.516. The highest BCUT2D eigenvalue weighted by Crippen LogP contribution is 2.20. The van der Waals surface area contributed by atoms with Crippen LogP contribution in [0.4, 0.5) is 4.39 Å². The van der Waals surface area contributed by atoms with Crippen molar-refractivity contribution in [1.82, 2.24) is 15.2 Å². The standard InChI is InChI=1S/C13H11BrClFN4O/c1-7-11(14)12(20(2)19-7)13(21)18-17-6-8-9(15)4-3-5-10(8)16/h3-6H,1-2H3,(H,18,21). The number of carbonyl (C=O) groups is 1. The predicted molar refractivity (Wildman–Crippen MR) is 82.1 cm³/mol. The van der Waals surface area contributed by atoms with Crippen LogP contribution in [-0.4, -0.2) is 21.9 Å². The quantitative estimate of drug-likeness (QED) is 0.664. The van der Waals surface area contributed by atoms with Crippen molar-refractivity contribution in [1.29, 1.82) is 0 Å². The van der Waals surface area contributed by atoms with Crippen molar-refractivity contribution >= 4 is 39.7 Å². The lowest BCUT2D eigenvalue weighted by molar-refractivity contribution is 0.0945. The third-order valence-corrected chi connectivity index (χ3v) is 4.00. The van der Waals surface area contributed by atoms with E-state index >= 15 is 0 Å². The molecule has 21 heavy (non-hydrogen) atoms. The molecule has 110 valence electrons. The Labute approximate surface area is 133 Å². The van der Waals surface area contributed by atoms with Gasteiger partial charge in [0, 0.05) is 12.6 Å². The second kappa shape index (κ2) is 6.36. The van der Waals surface area contributed by atoms with Crippen LogP contribution < -0.4 is 5.43 Å². The van der Waals surface area contributed by atoms with Crippen LogP contribution >= 0.6 is 27.5 Å². The normalized spacial score (nSPS) is 11.1. The summed E-state index contributed by atoms with van der Waals surface area (Å²) >= 11 is 9.13. The van der Waals surface area contributed by atoms with Gasteiger partial charge in [-0.3, -0.25) is 9.48 Å². The molecule has 0 aliphatic carbocycles. The Morgan fingerprint density at radius 1 is 1.57 bits per heavy atom. The summed E-state index contributed by atoms with van der Waals surface area (Å²) in [5.41, 5.74) is 3.43. The monoisotopic (exact) mass is 372 g/mol. The maximum Gasteiger partial charge on any atom is 0.290 e. The highest BCUT2D eigenvalue weighted by molar-refractivity contribution is 9.10. The van der Waals surface area contributed by atoms with Crippen molar-refractivity contribution in [2.24, 2.45) is 12.1 Å². The summed E-state index contributed by atoms with van der Waals surface area (Å²) in [6.45, 7) is 1.77. The van der Waals surface area contributed by atoms with Crippen LogP contribution in [0.2, 0.25) is 5.02 Å². The molecule has 0 bridgehead atoms. The smallest absolute Gasteiger partial charge is 0.266 e. The number of aromatic nitrogens is 2. The molecule has 0 atom stereocenters. The van der Waals surface area contributed by atoms with Gasteiger partial charge in [-0.15, -0.1) is 0 Å². The first kappa shape index (κ1) is 15.7. The van der Waals surface area contributed by atoms with Crippen molar-refractivity contribution < 1.29 is 9.18 Å². The number of rotatable bonds is 3. The van der Waals surface area contributed by atoms with E-state index in [1.807, 2.05) is 0 Å². The molecule has 0 aliphatic heterocycles. The van der Waals surface area contributed by atoms with Gasteiger partial charge in [0.05, 0.1) is 21.4 Å². The summed E-state index contributed by atoms with van der Waals surface area (Å²) in [4.78, 5) is 12.0. The fraction of sp³-hybridized carbons (Fsp3) is 0.154. The second-order valence-electron chi connectivity index (χ2n) is 4.21. The van der Waals surface area contributed by atoms with Gasteiger partial charge in [0.25, 0.3) is 5.91 Å². The minimum absolute atomic E-state index is 0.111. The van der Waals surface area contributed by atoms with Gasteiger partial charge >= 0.3 is 0 Å². The van der Waals surface area contributed by atoms with E-state index in [2.05, 4.69) is 31.6 Å². The summed E-state index contributed by atoms with van der Waals surface area (Å²) in [6, 6.07) is 4.29. The summed E-state index contributed by atoms with van der Waals surface area (Å²) < 4.78 is 15.5. The topological polar surface area (TPSA) is 59.3 Å². The van der Waals surface area contributed by atoms with Crippen LogP contribution in [-0.2, 0) is 7.05 Å². The Hall–Kier alpha value is -1.73. The Morgan fingerprint density at radius 2 is 2.29 bits per heavy atom. The molecule has 1 amide bonds. The van der Waals surface area contributed by atoms with E-state index in [0.717, 1.165) is 6.21 Å². The van der Waals surface area contributed by atoms with Crippen molar-refractivity contribution in [3.8, 4) is 0 Å². The van der Waals surface area contributed by atoms with Crippen LogP contribution in [0, 0.1) is 12.7 Å². The zero-order chi connectivity index (χ0) is 15.6. The first-order valence-electron chi connectivity index (χ1n) is 5.88. The molecule has 0 fully saturated rings. The molecule has 0 unspecified atom stereocenters. The minimum Gasteiger partial charge on any atom is -0.266 e. The van der Waals surface area contributed by atoms with Crippen LogP contribution in [0.3, 0.4) is 0 Å². The van der Waals surface area contributed by atoms with Crippen LogP contribution in [0.15, 0.2) is 27.8 Å². The molecule has 0 spiro atoms. The number of nitrogens with zero attached hydrogens (tertiary/aromatic N) is 3. The van der Waals surface area contributed by atoms with Gasteiger partial charge < -0.3 is 0 Å². The number of hydrazone groups is 1. The summed E-state index contributed by atoms with van der Waals surface area (Å²) in [7, 11) is 1.64. The van der Waals surface area contributed by atoms with Gasteiger partial charge in [0.15, 0.2) is 0 Å². The number of amides is 1. The average molecular weight is 374 g/mol. The molecule has 0 radical (unpaired) electrons. The Kier molecular flexibility index (Phi) is 4.74. The molecule has 2 rings (SSSR count). The zero-order valence-electron chi connectivity index (χ0n) is 11.2. The molecule has 2 aromatic rings. The van der Waals surface area contributed by atoms with Crippen molar-refractivity contribution in [3.05, 3.63) is 50.5 Å². The maximum atomic E-state index is 13.5. The summed E-state index contributed by atoms with van der Waals surface area (Å²) in [5, 5.41) is 8.04. The van der Waals surface area contributed by atoms with Gasteiger partial charge in [0.2, 0.25) is 0 Å². The van der Waals surface area contributed by atoms with E-state index in [-0.39, 0.29) is 10.6 Å². The number of carbonyl (C=O) groups excluding carboxylic acids is 1. The molecule has 0 saturated carbocycles. The van der Waals surface area contributed by atoms with Gasteiger partial charge in [-0.2, -0.15) is 10.2 Å². The molecule has 0 aliphatic rings. The Balaban J connectivity index is 2.16. The van der Waals surface area contributed by atoms with E-state index in [1.165, 1.54) is 22.9 Å². The molecule has 1 aromatic carbocycles. The van der Waals surface area contributed by atoms with E-state index in [1.54, 1.807) is 14.0 Å². The van der Waals surface area contributed by atoms with Crippen LogP contribution in [0.25, 0.3) is 0 Å². The van der Waals surface area contributed by atoms with Gasteiger partial charge in [0.1, 0.15) is 11.5 Å². The molecule has 1 N–H and O–H groups in total. The fourth-order valence-electron chi connectivity index (χ4n) is 1.72. The van der Waals surface area contributed by atoms with Crippen LogP contribution in [0.1, 0.15) is 21.7 Å². The molecule has 8 heteroatoms. The van der Waals surface area contributed by atoms with E-state index < -0.39 is 11.7 Å². The number of hydrogen-bond donors (Lipinski definition) is 1. The number of aryl methyl sites for hydroxylation is 2. The average Bonchev–Trinajstić information content (AvgIpc) is 2.66. The first-order chi connectivity index (χ1) is 9.91. The number of benzene rings is 1. The van der Waals surface area contributed by atoms with Gasteiger partial charge in [-0.05, 0) is 35.0 Å². The third kappa shape index (κ3) is 3.30. The fourth-order valence-corrected chi connectivity index (χ4v) is 2.45. The van der Waals surface area contributed by atoms with E-state index in [4.69, 9.17) is 11.6 Å². The highest BCUT2D eigenvalue weighted by atomic mass is 79.9. The lowest BCUT2D eigenvalue weighted by Gasteiger charge is -2.02. The Bertz CT molecular complexity index is 709. The molecule has 1 heterocycles. The van der Waals surface area contributed by atoms with Crippen molar-refractivity contribution in [3.63, 3.8) is 0 Å². The second-order valence-corrected chi connectivity index (χ2v) is 5.41. The molecule has 0 saturated heterocycles. The largest absolute Gasteiger partial charge is 0.290 e. The first-order valence-corrected chi connectivity index (χ1v) is 7.05. The van der Waals surface area contributed by atoms with Crippen molar-refractivity contribution in [2.75, 3.05) is 0 Å². The van der Waals surface area contributed by atoms with Crippen LogP contribution in [0.5, 0.6) is 0 Å². The zero-order valence-corrected chi connectivity index (χ0v) is 13.5. The van der Waals surface area contributed by atoms with Gasteiger partial charge in [-0.25, -0.2) is 9.82 Å². The molecule has 1 aromatic heterocycles. The lowest BCUT2D eigenvalue weighted by atomic mass is 10.2. The number of nitrogens with one attached hydrogen (secondary N) is 1. The number of halogens is 3. The number of hydrogen-bond acceptors (Lipinski definition) is 3. The summed E-state index contributed by atoms with van der Waals surface area (Å²) in [5.74, 6) is -0.980.